The normalized spacial score (nSPS) is 16.6. The summed E-state index contributed by atoms with van der Waals surface area (Å²) in [5.74, 6) is 0.594. The number of hydrogen-bond acceptors (Lipinski definition) is 6. The molecule has 0 saturated carbocycles. The van der Waals surface area contributed by atoms with Gasteiger partial charge in [-0.15, -0.1) is 13.2 Å². The molecule has 31 heavy (non-hydrogen) atoms. The number of alkyl halides is 3. The van der Waals surface area contributed by atoms with Gasteiger partial charge < -0.3 is 18.9 Å². The molecule has 1 aliphatic heterocycles. The molecule has 0 bridgehead atoms. The lowest BCUT2D eigenvalue weighted by Crippen LogP contribution is -2.24. The highest BCUT2D eigenvalue weighted by atomic mass is 19.4. The number of hydrogen-bond donors (Lipinski definition) is 0. The van der Waals surface area contributed by atoms with Crippen molar-refractivity contribution in [3.05, 3.63) is 60.0 Å². The molecule has 1 saturated heterocycles. The van der Waals surface area contributed by atoms with Crippen molar-refractivity contribution < 1.29 is 32.0 Å². The molecule has 162 valence electrons. The second kappa shape index (κ2) is 8.29. The highest BCUT2D eigenvalue weighted by molar-refractivity contribution is 5.79. The second-order valence-corrected chi connectivity index (χ2v) is 7.02. The Balaban J connectivity index is 1.44. The minimum atomic E-state index is -4.76. The van der Waals surface area contributed by atoms with Crippen LogP contribution in [0.4, 0.5) is 13.2 Å². The van der Waals surface area contributed by atoms with Crippen LogP contribution in [0.2, 0.25) is 0 Å². The maximum Gasteiger partial charge on any atom is 0.573 e. The number of amides is 1. The molecule has 1 aromatic heterocycles. The Morgan fingerprint density at radius 3 is 2.61 bits per heavy atom. The van der Waals surface area contributed by atoms with E-state index in [0.29, 0.717) is 30.3 Å². The van der Waals surface area contributed by atoms with E-state index in [1.165, 1.54) is 24.3 Å². The summed E-state index contributed by atoms with van der Waals surface area (Å²) >= 11 is 0. The molecule has 1 amide bonds. The lowest BCUT2D eigenvalue weighted by molar-refractivity contribution is -0.274. The number of rotatable bonds is 6. The monoisotopic (exact) mass is 433 g/mol. The zero-order chi connectivity index (χ0) is 22.0. The summed E-state index contributed by atoms with van der Waals surface area (Å²) in [4.78, 5) is 18.5. The van der Waals surface area contributed by atoms with Crippen LogP contribution in [0.15, 0.2) is 53.1 Å². The maximum atomic E-state index is 12.5. The molecule has 0 radical (unpaired) electrons. The Morgan fingerprint density at radius 2 is 1.90 bits per heavy atom. The fraction of sp³-hybridized carbons (Fsp3) is 0.286. The van der Waals surface area contributed by atoms with E-state index in [4.69, 9.17) is 9.26 Å². The van der Waals surface area contributed by atoms with E-state index >= 15 is 0 Å². The fourth-order valence-electron chi connectivity index (χ4n) is 3.45. The third kappa shape index (κ3) is 4.79. The molecule has 10 heteroatoms. The summed E-state index contributed by atoms with van der Waals surface area (Å²) in [7, 11) is 1.58. The summed E-state index contributed by atoms with van der Waals surface area (Å²) in [6.07, 6.45) is -4.53. The topological polar surface area (TPSA) is 77.7 Å². The largest absolute Gasteiger partial charge is 0.573 e. The molecule has 2 heterocycles. The number of halogens is 3. The zero-order valence-corrected chi connectivity index (χ0v) is 16.4. The number of ether oxygens (including phenoxy) is 2. The van der Waals surface area contributed by atoms with Gasteiger partial charge in [-0.2, -0.15) is 4.98 Å². The Bertz CT molecular complexity index is 1070. The first-order valence-corrected chi connectivity index (χ1v) is 9.42. The lowest BCUT2D eigenvalue weighted by atomic mass is 10.1. The number of aromatic nitrogens is 2. The van der Waals surface area contributed by atoms with Crippen molar-refractivity contribution in [3.8, 4) is 22.9 Å². The fourth-order valence-corrected chi connectivity index (χ4v) is 3.45. The van der Waals surface area contributed by atoms with Crippen LogP contribution in [0, 0.1) is 0 Å². The number of carbonyl (C=O) groups excluding carboxylic acids is 1. The van der Waals surface area contributed by atoms with Gasteiger partial charge in [0.05, 0.1) is 13.0 Å². The predicted octanol–water partition coefficient (Wildman–Crippen LogP) is 4.16. The summed E-state index contributed by atoms with van der Waals surface area (Å²) in [6, 6.07) is 12.6. The van der Waals surface area contributed by atoms with Gasteiger partial charge in [-0.05, 0) is 30.3 Å². The Morgan fingerprint density at radius 1 is 1.16 bits per heavy atom. The third-order valence-corrected chi connectivity index (χ3v) is 4.91. The van der Waals surface area contributed by atoms with Crippen LogP contribution >= 0.6 is 0 Å². The van der Waals surface area contributed by atoms with E-state index in [1.807, 2.05) is 24.3 Å². The van der Waals surface area contributed by atoms with Crippen LogP contribution in [0.1, 0.15) is 23.8 Å². The summed E-state index contributed by atoms with van der Waals surface area (Å²) < 4.78 is 51.4. The zero-order valence-electron chi connectivity index (χ0n) is 16.4. The van der Waals surface area contributed by atoms with Gasteiger partial charge in [-0.3, -0.25) is 4.79 Å². The Labute approximate surface area is 175 Å². The van der Waals surface area contributed by atoms with E-state index in [-0.39, 0.29) is 29.8 Å². The van der Waals surface area contributed by atoms with Gasteiger partial charge in [0, 0.05) is 30.6 Å². The molecule has 0 N–H and O–H groups in total. The van der Waals surface area contributed by atoms with E-state index in [1.54, 1.807) is 12.0 Å². The molecule has 7 nitrogen and oxygen atoms in total. The number of methoxy groups -OCH3 is 1. The van der Waals surface area contributed by atoms with Crippen LogP contribution in [0.3, 0.4) is 0 Å². The number of carbonyl (C=O) groups is 1. The van der Waals surface area contributed by atoms with Crippen molar-refractivity contribution in [2.45, 2.75) is 25.2 Å². The number of nitrogens with zero attached hydrogens (tertiary/aromatic N) is 3. The van der Waals surface area contributed by atoms with Gasteiger partial charge in [-0.25, -0.2) is 0 Å². The van der Waals surface area contributed by atoms with E-state index < -0.39 is 6.36 Å². The van der Waals surface area contributed by atoms with E-state index in [2.05, 4.69) is 14.9 Å². The van der Waals surface area contributed by atoms with Crippen molar-refractivity contribution in [1.29, 1.82) is 0 Å². The van der Waals surface area contributed by atoms with E-state index in [0.717, 1.165) is 5.56 Å². The molecule has 3 aromatic rings. The van der Waals surface area contributed by atoms with Crippen molar-refractivity contribution in [2.75, 3.05) is 13.7 Å². The smallest absolute Gasteiger partial charge is 0.496 e. The highest BCUT2D eigenvalue weighted by Crippen LogP contribution is 2.31. The van der Waals surface area contributed by atoms with Crippen LogP contribution in [0.5, 0.6) is 11.5 Å². The van der Waals surface area contributed by atoms with E-state index in [9.17, 15) is 18.0 Å². The molecule has 1 aliphatic rings. The third-order valence-electron chi connectivity index (χ3n) is 4.91. The van der Waals surface area contributed by atoms with Crippen LogP contribution < -0.4 is 9.47 Å². The molecule has 1 unspecified atom stereocenters. The first-order valence-electron chi connectivity index (χ1n) is 9.42. The first kappa shape index (κ1) is 20.7. The molecule has 1 fully saturated rings. The quantitative estimate of drug-likeness (QED) is 0.581. The summed E-state index contributed by atoms with van der Waals surface area (Å²) in [5, 5.41) is 3.90. The van der Waals surface area contributed by atoms with Gasteiger partial charge >= 0.3 is 6.36 Å². The average Bonchev–Trinajstić information content (AvgIpc) is 3.35. The molecule has 0 aliphatic carbocycles. The Kier molecular flexibility index (Phi) is 5.53. The molecular weight excluding hydrogens is 415 g/mol. The number of para-hydroxylation sites is 1. The van der Waals surface area contributed by atoms with Crippen LogP contribution in [0.25, 0.3) is 11.4 Å². The Hall–Kier alpha value is -3.56. The average molecular weight is 433 g/mol. The summed E-state index contributed by atoms with van der Waals surface area (Å²) in [5.41, 5.74) is 1.37. The van der Waals surface area contributed by atoms with Crippen molar-refractivity contribution in [2.24, 2.45) is 0 Å². The van der Waals surface area contributed by atoms with Crippen molar-refractivity contribution in [3.63, 3.8) is 0 Å². The predicted molar refractivity (Wildman–Crippen MR) is 102 cm³/mol. The maximum absolute atomic E-state index is 12.5. The van der Waals surface area contributed by atoms with Gasteiger partial charge in [0.1, 0.15) is 11.5 Å². The second-order valence-electron chi connectivity index (χ2n) is 7.02. The van der Waals surface area contributed by atoms with Crippen LogP contribution in [-0.4, -0.2) is 41.0 Å². The number of benzene rings is 2. The summed E-state index contributed by atoms with van der Waals surface area (Å²) in [6.45, 7) is 0.817. The number of likely N-dealkylation sites (tertiary alicyclic amines) is 1. The molecule has 4 rings (SSSR count). The lowest BCUT2D eigenvalue weighted by Gasteiger charge is -2.17. The minimum absolute atomic E-state index is 0.0377. The SMILES string of the molecule is COc1ccccc1CN1CC(c2nc(-c3ccc(OC(F)(F)F)cc3)no2)CC1=O. The molecule has 2 aromatic carbocycles. The van der Waals surface area contributed by atoms with Gasteiger partial charge in [0.15, 0.2) is 0 Å². The van der Waals surface area contributed by atoms with Crippen LogP contribution in [-0.2, 0) is 11.3 Å². The van der Waals surface area contributed by atoms with Gasteiger partial charge in [0.25, 0.3) is 0 Å². The minimum Gasteiger partial charge on any atom is -0.496 e. The molecule has 1 atom stereocenters. The standard InChI is InChI=1S/C21H18F3N3O4/c1-29-17-5-3-2-4-14(17)11-27-12-15(10-18(27)28)20-25-19(26-31-20)13-6-8-16(9-7-13)30-21(22,23)24/h2-9,15H,10-12H2,1H3. The molecular formula is C21H18F3N3O4. The highest BCUT2D eigenvalue weighted by Gasteiger charge is 2.35. The van der Waals surface area contributed by atoms with Gasteiger partial charge in [0.2, 0.25) is 17.6 Å². The van der Waals surface area contributed by atoms with Crippen molar-refractivity contribution >= 4 is 5.91 Å². The van der Waals surface area contributed by atoms with Gasteiger partial charge in [-0.1, -0.05) is 23.4 Å². The van der Waals surface area contributed by atoms with Crippen molar-refractivity contribution in [1.82, 2.24) is 15.0 Å². The first-order chi connectivity index (χ1) is 14.8. The molecule has 0 spiro atoms.